The zero-order valence-corrected chi connectivity index (χ0v) is 5.85. The van der Waals surface area contributed by atoms with E-state index in [2.05, 4.69) is 11.6 Å². The van der Waals surface area contributed by atoms with Gasteiger partial charge in [-0.3, -0.25) is 9.79 Å². The summed E-state index contributed by atoms with van der Waals surface area (Å²) in [7, 11) is 0. The van der Waals surface area contributed by atoms with E-state index in [0.717, 1.165) is 6.42 Å². The second-order valence-corrected chi connectivity index (χ2v) is 1.72. The van der Waals surface area contributed by atoms with Gasteiger partial charge in [-0.25, -0.2) is 0 Å². The first kappa shape index (κ1) is 8.08. The minimum Gasteiger partial charge on any atom is -0.293 e. The molecule has 0 aliphatic carbocycles. The van der Waals surface area contributed by atoms with Gasteiger partial charge >= 0.3 is 0 Å². The van der Waals surface area contributed by atoms with Crippen molar-refractivity contribution in [3.05, 3.63) is 12.3 Å². The normalized spacial score (nSPS) is 10.0. The fourth-order valence-corrected chi connectivity index (χ4v) is 0.292. The van der Waals surface area contributed by atoms with Crippen LogP contribution in [0.4, 0.5) is 0 Å². The van der Waals surface area contributed by atoms with E-state index in [1.54, 1.807) is 6.21 Å². The van der Waals surface area contributed by atoms with Gasteiger partial charge in [0.15, 0.2) is 5.78 Å². The Morgan fingerprint density at radius 3 is 2.67 bits per heavy atom. The lowest BCUT2D eigenvalue weighted by molar-refractivity contribution is -0.113. The third kappa shape index (κ3) is 3.64. The number of aliphatic imine (C=N–C) groups is 1. The van der Waals surface area contributed by atoms with Gasteiger partial charge in [0.2, 0.25) is 0 Å². The van der Waals surface area contributed by atoms with Crippen LogP contribution >= 0.6 is 0 Å². The number of hydrogen-bond donors (Lipinski definition) is 0. The molecular weight excluding hydrogens is 114 g/mol. The number of Topliss-reactive ketones (excluding diaryl/α,β-unsaturated/α-hetero) is 1. The third-order valence-electron chi connectivity index (χ3n) is 0.836. The third-order valence-corrected chi connectivity index (χ3v) is 0.836. The van der Waals surface area contributed by atoms with E-state index in [1.807, 2.05) is 6.92 Å². The first-order chi connectivity index (χ1) is 4.18. The molecule has 0 heterocycles. The summed E-state index contributed by atoms with van der Waals surface area (Å²) < 4.78 is 0. The molecule has 0 amide bonds. The summed E-state index contributed by atoms with van der Waals surface area (Å²) in [5, 5.41) is 0. The number of nitrogens with zero attached hydrogens (tertiary/aromatic N) is 1. The summed E-state index contributed by atoms with van der Waals surface area (Å²) in [5.41, 5.74) is 0.330. The number of hydrogen-bond acceptors (Lipinski definition) is 2. The van der Waals surface area contributed by atoms with Gasteiger partial charge in [-0.15, -0.1) is 0 Å². The van der Waals surface area contributed by atoms with Crippen molar-refractivity contribution >= 4 is 12.0 Å². The fraction of sp³-hybridized carbons (Fsp3) is 0.429. The van der Waals surface area contributed by atoms with Gasteiger partial charge in [0.05, 0.1) is 5.70 Å². The van der Waals surface area contributed by atoms with Crippen LogP contribution in [0.5, 0.6) is 0 Å². The van der Waals surface area contributed by atoms with Crippen molar-refractivity contribution in [2.75, 3.05) is 0 Å². The van der Waals surface area contributed by atoms with E-state index < -0.39 is 0 Å². The fourth-order valence-electron chi connectivity index (χ4n) is 0.292. The predicted octanol–water partition coefficient (Wildman–Crippen LogP) is 1.57. The number of ketones is 1. The van der Waals surface area contributed by atoms with E-state index in [-0.39, 0.29) is 5.78 Å². The monoisotopic (exact) mass is 125 g/mol. The van der Waals surface area contributed by atoms with Crippen molar-refractivity contribution in [2.24, 2.45) is 4.99 Å². The molecule has 0 bridgehead atoms. The molecule has 0 rings (SSSR count). The Kier molecular flexibility index (Phi) is 3.60. The van der Waals surface area contributed by atoms with Crippen LogP contribution in [0.2, 0.25) is 0 Å². The lowest BCUT2D eigenvalue weighted by Crippen LogP contribution is -1.90. The molecule has 0 atom stereocenters. The highest BCUT2D eigenvalue weighted by Gasteiger charge is 1.92. The minimum absolute atomic E-state index is 0.0697. The molecule has 9 heavy (non-hydrogen) atoms. The summed E-state index contributed by atoms with van der Waals surface area (Å²) in [6, 6.07) is 0. The zero-order valence-electron chi connectivity index (χ0n) is 5.85. The highest BCUT2D eigenvalue weighted by molar-refractivity contribution is 5.93. The highest BCUT2D eigenvalue weighted by Crippen LogP contribution is 1.91. The summed E-state index contributed by atoms with van der Waals surface area (Å²) in [6.07, 6.45) is 2.51. The van der Waals surface area contributed by atoms with Crippen LogP contribution in [-0.2, 0) is 4.79 Å². The van der Waals surface area contributed by atoms with Gasteiger partial charge in [0.25, 0.3) is 0 Å². The predicted molar refractivity (Wildman–Crippen MR) is 38.6 cm³/mol. The maximum absolute atomic E-state index is 10.4. The summed E-state index contributed by atoms with van der Waals surface area (Å²) in [5.74, 6) is -0.0697. The van der Waals surface area contributed by atoms with Gasteiger partial charge < -0.3 is 0 Å². The van der Waals surface area contributed by atoms with Crippen LogP contribution in [0.3, 0.4) is 0 Å². The molecule has 0 radical (unpaired) electrons. The van der Waals surface area contributed by atoms with Gasteiger partial charge in [-0.2, -0.15) is 0 Å². The molecule has 0 unspecified atom stereocenters. The van der Waals surface area contributed by atoms with E-state index in [1.165, 1.54) is 6.92 Å². The average Bonchev–Trinajstić information content (AvgIpc) is 1.82. The second kappa shape index (κ2) is 4.01. The SMILES string of the molecule is C=C(N=CCC)C(C)=O. The van der Waals surface area contributed by atoms with E-state index in [4.69, 9.17) is 0 Å². The largest absolute Gasteiger partial charge is 0.293 e. The highest BCUT2D eigenvalue weighted by atomic mass is 16.1. The van der Waals surface area contributed by atoms with E-state index in [9.17, 15) is 4.79 Å². The van der Waals surface area contributed by atoms with Crippen LogP contribution in [0.1, 0.15) is 20.3 Å². The molecule has 0 saturated carbocycles. The van der Waals surface area contributed by atoms with Gasteiger partial charge in [-0.1, -0.05) is 13.5 Å². The van der Waals surface area contributed by atoms with Crippen LogP contribution in [0, 0.1) is 0 Å². The second-order valence-electron chi connectivity index (χ2n) is 1.72. The molecule has 0 saturated heterocycles. The lowest BCUT2D eigenvalue weighted by Gasteiger charge is -1.87. The number of rotatable bonds is 3. The standard InChI is InChI=1S/C7H11NO/c1-4-5-8-6(2)7(3)9/h5H,2,4H2,1,3H3. The molecule has 0 aromatic carbocycles. The average molecular weight is 125 g/mol. The zero-order chi connectivity index (χ0) is 7.28. The van der Waals surface area contributed by atoms with Crippen molar-refractivity contribution in [1.82, 2.24) is 0 Å². The summed E-state index contributed by atoms with van der Waals surface area (Å²) in [4.78, 5) is 14.2. The van der Waals surface area contributed by atoms with Crippen molar-refractivity contribution in [2.45, 2.75) is 20.3 Å². The Morgan fingerprint density at radius 1 is 1.78 bits per heavy atom. The molecule has 0 fully saturated rings. The maximum atomic E-state index is 10.4. The lowest BCUT2D eigenvalue weighted by atomic mass is 10.3. The maximum Gasteiger partial charge on any atom is 0.177 e. The van der Waals surface area contributed by atoms with Crippen molar-refractivity contribution in [3.63, 3.8) is 0 Å². The molecule has 0 aliphatic rings. The van der Waals surface area contributed by atoms with Crippen LogP contribution in [0.25, 0.3) is 0 Å². The van der Waals surface area contributed by atoms with Gasteiger partial charge in [0.1, 0.15) is 0 Å². The molecule has 2 heteroatoms. The number of carbonyl (C=O) groups is 1. The Balaban J connectivity index is 3.77. The molecule has 2 nitrogen and oxygen atoms in total. The molecular formula is C7H11NO. The van der Waals surface area contributed by atoms with E-state index in [0.29, 0.717) is 5.70 Å². The van der Waals surface area contributed by atoms with Crippen molar-refractivity contribution in [3.8, 4) is 0 Å². The number of allylic oxidation sites excluding steroid dienone is 1. The van der Waals surface area contributed by atoms with Crippen LogP contribution in [-0.4, -0.2) is 12.0 Å². The Labute approximate surface area is 55.3 Å². The molecule has 0 N–H and O–H groups in total. The first-order valence-corrected chi connectivity index (χ1v) is 2.90. The molecule has 0 aliphatic heterocycles. The Hall–Kier alpha value is -0.920. The van der Waals surface area contributed by atoms with Gasteiger partial charge in [-0.05, 0) is 6.42 Å². The molecule has 0 aromatic rings. The topological polar surface area (TPSA) is 29.4 Å². The van der Waals surface area contributed by atoms with Gasteiger partial charge in [0, 0.05) is 13.1 Å². The Bertz CT molecular complexity index is 147. The molecule has 0 spiro atoms. The van der Waals surface area contributed by atoms with Crippen molar-refractivity contribution in [1.29, 1.82) is 0 Å². The number of carbonyl (C=O) groups excluding carboxylic acids is 1. The van der Waals surface area contributed by atoms with Crippen LogP contribution < -0.4 is 0 Å². The molecule has 50 valence electrons. The summed E-state index contributed by atoms with van der Waals surface area (Å²) in [6.45, 7) is 6.85. The summed E-state index contributed by atoms with van der Waals surface area (Å²) >= 11 is 0. The smallest absolute Gasteiger partial charge is 0.177 e. The van der Waals surface area contributed by atoms with Crippen LogP contribution in [0.15, 0.2) is 17.3 Å². The molecule has 0 aromatic heterocycles. The Morgan fingerprint density at radius 2 is 2.33 bits per heavy atom. The van der Waals surface area contributed by atoms with Crippen molar-refractivity contribution < 1.29 is 4.79 Å². The quantitative estimate of drug-likeness (QED) is 0.416. The van der Waals surface area contributed by atoms with E-state index >= 15 is 0 Å². The minimum atomic E-state index is -0.0697. The first-order valence-electron chi connectivity index (χ1n) is 2.90.